The van der Waals surface area contributed by atoms with Crippen LogP contribution in [0.15, 0.2) is 223 Å². The molecule has 0 saturated carbocycles. The second-order valence-electron chi connectivity index (χ2n) is 18.4. The molecule has 0 unspecified atom stereocenters. The third-order valence-corrected chi connectivity index (χ3v) is 14.5. The SMILES string of the molecule is CC1(C)c2ccccc2-c2ccc(N(c3cccc(-c4cccc5oc6ccccc6c45)c3)c3cc4c5ccccc5c5ccccc5c4cc3-n3c4ccccc4c4ccccc43)cc21. The molecule has 0 fully saturated rings. The maximum atomic E-state index is 6.44. The smallest absolute Gasteiger partial charge is 0.136 e. The molecule has 14 rings (SSSR count). The quantitative estimate of drug-likeness (QED) is 0.161. The molecule has 0 atom stereocenters. The van der Waals surface area contributed by atoms with Gasteiger partial charge in [0.05, 0.1) is 22.4 Å². The number of para-hydroxylation sites is 3. The summed E-state index contributed by atoms with van der Waals surface area (Å²) in [5.41, 5.74) is 15.9. The lowest BCUT2D eigenvalue weighted by atomic mass is 9.82. The molecule has 3 heteroatoms. The molecule has 0 amide bonds. The summed E-state index contributed by atoms with van der Waals surface area (Å²) in [6.07, 6.45) is 0. The highest BCUT2D eigenvalue weighted by atomic mass is 16.3. The van der Waals surface area contributed by atoms with Crippen LogP contribution in [0.2, 0.25) is 0 Å². The van der Waals surface area contributed by atoms with Gasteiger partial charge in [0.25, 0.3) is 0 Å². The van der Waals surface area contributed by atoms with Gasteiger partial charge in [-0.05, 0) is 126 Å². The number of anilines is 3. The molecule has 2 heterocycles. The third kappa shape index (κ3) is 5.20. The molecule has 0 spiro atoms. The lowest BCUT2D eigenvalue weighted by molar-refractivity contribution is 0.660. The number of furan rings is 1. The van der Waals surface area contributed by atoms with E-state index in [-0.39, 0.29) is 5.41 Å². The molecular formula is C63H42N2O. The van der Waals surface area contributed by atoms with Crippen LogP contribution in [0.5, 0.6) is 0 Å². The maximum absolute atomic E-state index is 6.44. The number of aromatic nitrogens is 1. The van der Waals surface area contributed by atoms with E-state index in [2.05, 4.69) is 236 Å². The maximum Gasteiger partial charge on any atom is 0.136 e. The van der Waals surface area contributed by atoms with Crippen LogP contribution in [0.3, 0.4) is 0 Å². The Bertz CT molecular complexity index is 4110. The first-order valence-corrected chi connectivity index (χ1v) is 22.9. The van der Waals surface area contributed by atoms with Crippen molar-refractivity contribution in [2.45, 2.75) is 19.3 Å². The van der Waals surface area contributed by atoms with Crippen molar-refractivity contribution in [3.8, 4) is 27.9 Å². The zero-order valence-electron chi connectivity index (χ0n) is 36.6. The first-order valence-electron chi connectivity index (χ1n) is 22.9. The molecule has 310 valence electrons. The highest BCUT2D eigenvalue weighted by molar-refractivity contribution is 6.27. The van der Waals surface area contributed by atoms with Gasteiger partial charge < -0.3 is 13.9 Å². The number of fused-ring (bicyclic) bond motifs is 15. The van der Waals surface area contributed by atoms with Crippen LogP contribution in [0.25, 0.3) is 104 Å². The fraction of sp³-hybridized carbons (Fsp3) is 0.0476. The molecule has 0 bridgehead atoms. The Hall–Kier alpha value is -8.40. The van der Waals surface area contributed by atoms with Crippen LogP contribution >= 0.6 is 0 Å². The molecule has 11 aromatic carbocycles. The Balaban J connectivity index is 1.13. The van der Waals surface area contributed by atoms with E-state index < -0.39 is 0 Å². The van der Waals surface area contributed by atoms with Gasteiger partial charge in [0.1, 0.15) is 11.2 Å². The summed E-state index contributed by atoms with van der Waals surface area (Å²) in [6.45, 7) is 4.75. The van der Waals surface area contributed by atoms with Crippen molar-refractivity contribution in [1.29, 1.82) is 0 Å². The molecule has 13 aromatic rings. The van der Waals surface area contributed by atoms with Crippen LogP contribution in [0.4, 0.5) is 17.1 Å². The van der Waals surface area contributed by atoms with Crippen molar-refractivity contribution >= 4 is 93.1 Å². The van der Waals surface area contributed by atoms with E-state index in [0.717, 1.165) is 55.8 Å². The van der Waals surface area contributed by atoms with E-state index >= 15 is 0 Å². The van der Waals surface area contributed by atoms with E-state index in [4.69, 9.17) is 4.42 Å². The van der Waals surface area contributed by atoms with Gasteiger partial charge in [0.2, 0.25) is 0 Å². The number of benzene rings is 11. The summed E-state index contributed by atoms with van der Waals surface area (Å²) in [6, 6.07) is 80.5. The first kappa shape index (κ1) is 37.0. The highest BCUT2D eigenvalue weighted by Gasteiger charge is 2.36. The Kier molecular flexibility index (Phi) is 7.74. The molecule has 2 aromatic heterocycles. The predicted octanol–water partition coefficient (Wildman–Crippen LogP) is 17.6. The summed E-state index contributed by atoms with van der Waals surface area (Å²) >= 11 is 0. The van der Waals surface area contributed by atoms with E-state index in [1.807, 2.05) is 6.07 Å². The molecule has 0 aliphatic heterocycles. The van der Waals surface area contributed by atoms with Crippen LogP contribution in [0.1, 0.15) is 25.0 Å². The van der Waals surface area contributed by atoms with Crippen molar-refractivity contribution in [1.82, 2.24) is 4.57 Å². The van der Waals surface area contributed by atoms with E-state index in [9.17, 15) is 0 Å². The average Bonchev–Trinajstić information content (AvgIpc) is 3.99. The summed E-state index contributed by atoms with van der Waals surface area (Å²) in [4.78, 5) is 2.53. The Morgan fingerprint density at radius 2 is 0.909 bits per heavy atom. The van der Waals surface area contributed by atoms with Crippen molar-refractivity contribution in [2.24, 2.45) is 0 Å². The Morgan fingerprint density at radius 1 is 0.379 bits per heavy atom. The molecule has 1 aliphatic rings. The summed E-state index contributed by atoms with van der Waals surface area (Å²) < 4.78 is 8.95. The normalized spacial score (nSPS) is 13.1. The van der Waals surface area contributed by atoms with Gasteiger partial charge in [-0.1, -0.05) is 172 Å². The van der Waals surface area contributed by atoms with E-state index in [1.54, 1.807) is 0 Å². The van der Waals surface area contributed by atoms with Crippen LogP contribution in [-0.2, 0) is 5.41 Å². The number of hydrogen-bond donors (Lipinski definition) is 0. The van der Waals surface area contributed by atoms with Gasteiger partial charge in [-0.25, -0.2) is 0 Å². The zero-order chi connectivity index (χ0) is 43.7. The van der Waals surface area contributed by atoms with Crippen molar-refractivity contribution in [3.63, 3.8) is 0 Å². The Morgan fingerprint density at radius 3 is 1.64 bits per heavy atom. The average molecular weight is 843 g/mol. The lowest BCUT2D eigenvalue weighted by Crippen LogP contribution is -2.17. The minimum atomic E-state index is -0.193. The van der Waals surface area contributed by atoms with Crippen molar-refractivity contribution < 1.29 is 4.42 Å². The van der Waals surface area contributed by atoms with E-state index in [0.29, 0.717) is 0 Å². The Labute approximate surface area is 382 Å². The number of rotatable bonds is 5. The number of nitrogens with zero attached hydrogens (tertiary/aromatic N) is 2. The molecule has 0 saturated heterocycles. The van der Waals surface area contributed by atoms with Gasteiger partial charge in [-0.3, -0.25) is 0 Å². The number of hydrogen-bond acceptors (Lipinski definition) is 2. The van der Waals surface area contributed by atoms with Crippen LogP contribution < -0.4 is 4.90 Å². The largest absolute Gasteiger partial charge is 0.456 e. The third-order valence-electron chi connectivity index (χ3n) is 14.5. The topological polar surface area (TPSA) is 21.3 Å². The highest BCUT2D eigenvalue weighted by Crippen LogP contribution is 2.52. The molecule has 3 nitrogen and oxygen atoms in total. The molecule has 0 radical (unpaired) electrons. The summed E-state index contributed by atoms with van der Waals surface area (Å²) in [5, 5.41) is 12.1. The molecule has 66 heavy (non-hydrogen) atoms. The fourth-order valence-electron chi connectivity index (χ4n) is 11.6. The first-order chi connectivity index (χ1) is 32.5. The molecule has 1 aliphatic carbocycles. The van der Waals surface area contributed by atoms with Gasteiger partial charge in [0, 0.05) is 38.3 Å². The van der Waals surface area contributed by atoms with Gasteiger partial charge in [-0.15, -0.1) is 0 Å². The van der Waals surface area contributed by atoms with Gasteiger partial charge in [0.15, 0.2) is 0 Å². The van der Waals surface area contributed by atoms with E-state index in [1.165, 1.54) is 76.4 Å². The second kappa shape index (κ2) is 13.8. The predicted molar refractivity (Wildman–Crippen MR) is 278 cm³/mol. The minimum absolute atomic E-state index is 0.193. The van der Waals surface area contributed by atoms with Crippen LogP contribution in [-0.4, -0.2) is 4.57 Å². The zero-order valence-corrected chi connectivity index (χ0v) is 36.6. The second-order valence-corrected chi connectivity index (χ2v) is 18.4. The monoisotopic (exact) mass is 842 g/mol. The molecule has 0 N–H and O–H groups in total. The summed E-state index contributed by atoms with van der Waals surface area (Å²) in [5.74, 6) is 0. The van der Waals surface area contributed by atoms with Crippen molar-refractivity contribution in [2.75, 3.05) is 4.90 Å². The van der Waals surface area contributed by atoms with Crippen molar-refractivity contribution in [3.05, 3.63) is 230 Å². The lowest BCUT2D eigenvalue weighted by Gasteiger charge is -2.31. The van der Waals surface area contributed by atoms with Gasteiger partial charge in [-0.2, -0.15) is 0 Å². The summed E-state index contributed by atoms with van der Waals surface area (Å²) in [7, 11) is 0. The molecular weight excluding hydrogens is 801 g/mol. The fourth-order valence-corrected chi connectivity index (χ4v) is 11.6. The minimum Gasteiger partial charge on any atom is -0.456 e. The van der Waals surface area contributed by atoms with Crippen LogP contribution in [0, 0.1) is 0 Å². The standard InChI is InChI=1S/C63H42N2O/c1-63(2)54-28-11-7-23-47(54)48-34-33-41(36-55(48)63)64(40-18-15-17-39(35-40)42-27-16-32-61-62(42)51-26-10-14-31-60(51)66-61)58-37-52-45-21-5-3-19-43(45)44-20-4-6-22-46(44)53(52)38-59(58)65-56-29-12-8-24-49(56)50-25-9-13-30-57(50)65/h3-38H,1-2H3. The van der Waals surface area contributed by atoms with Gasteiger partial charge >= 0.3 is 0 Å².